The molecule has 1 aliphatic carbocycles. The van der Waals surface area contributed by atoms with E-state index >= 15 is 0 Å². The molecule has 29 heavy (non-hydrogen) atoms. The maximum absolute atomic E-state index is 11.6. The van der Waals surface area contributed by atoms with Crippen LogP contribution in [0.5, 0.6) is 0 Å². The lowest BCUT2D eigenvalue weighted by Crippen LogP contribution is -2.25. The van der Waals surface area contributed by atoms with E-state index in [2.05, 4.69) is 23.4 Å². The Balaban J connectivity index is 1.69. The Kier molecular flexibility index (Phi) is 5.94. The molecule has 0 aliphatic heterocycles. The van der Waals surface area contributed by atoms with E-state index in [9.17, 15) is 10.3 Å². The minimum absolute atomic E-state index is 0.227. The standard InChI is InChI=1S/C22H29N5O2/c1-2-17-14-24-27-21(23-13-16-6-5-10-26(29)15-16)12-20(25-22(17)27)19-8-4-3-7-18(19)9-11-28/h5-6,10,12,14-15,18-19,23,28H,2-4,7-9,11,13H2,1H3/t18-,19?/m0/s1. The molecule has 3 heterocycles. The van der Waals surface area contributed by atoms with Gasteiger partial charge in [-0.1, -0.05) is 19.8 Å². The highest BCUT2D eigenvalue weighted by Crippen LogP contribution is 2.39. The average Bonchev–Trinajstić information content (AvgIpc) is 3.16. The van der Waals surface area contributed by atoms with Gasteiger partial charge < -0.3 is 15.6 Å². The molecule has 1 aliphatic rings. The number of aliphatic hydroxyl groups is 1. The van der Waals surface area contributed by atoms with Crippen molar-refractivity contribution in [3.8, 4) is 0 Å². The second-order valence-electron chi connectivity index (χ2n) is 7.91. The highest BCUT2D eigenvalue weighted by Gasteiger charge is 2.28. The number of aromatic nitrogens is 4. The van der Waals surface area contributed by atoms with Crippen LogP contribution in [-0.4, -0.2) is 26.3 Å². The van der Waals surface area contributed by atoms with E-state index in [0.29, 0.717) is 18.4 Å². The van der Waals surface area contributed by atoms with E-state index in [1.807, 2.05) is 16.8 Å². The summed E-state index contributed by atoms with van der Waals surface area (Å²) in [6, 6.07) is 5.79. The highest BCUT2D eigenvalue weighted by atomic mass is 16.5. The predicted octanol–water partition coefficient (Wildman–Crippen LogP) is 3.19. The van der Waals surface area contributed by atoms with Gasteiger partial charge in [0.1, 0.15) is 5.82 Å². The van der Waals surface area contributed by atoms with E-state index in [-0.39, 0.29) is 6.61 Å². The van der Waals surface area contributed by atoms with E-state index in [4.69, 9.17) is 4.98 Å². The second-order valence-corrected chi connectivity index (χ2v) is 7.91. The number of nitrogens with one attached hydrogen (secondary N) is 1. The molecule has 2 atom stereocenters. The largest absolute Gasteiger partial charge is 0.619 e. The molecular formula is C22H29N5O2. The van der Waals surface area contributed by atoms with Crippen LogP contribution in [0.2, 0.25) is 0 Å². The SMILES string of the molecule is CCc1cnn2c(NCc3ccc[n+]([O-])c3)cc(C3CCCC[C@H]3CCO)nc12. The number of anilines is 1. The summed E-state index contributed by atoms with van der Waals surface area (Å²) in [5.74, 6) is 1.72. The van der Waals surface area contributed by atoms with E-state index in [1.165, 1.54) is 19.0 Å². The molecule has 7 nitrogen and oxygen atoms in total. The molecule has 3 aromatic heterocycles. The first-order valence-electron chi connectivity index (χ1n) is 10.6. The number of hydrogen-bond donors (Lipinski definition) is 2. The van der Waals surface area contributed by atoms with Gasteiger partial charge in [-0.05, 0) is 37.7 Å². The highest BCUT2D eigenvalue weighted by molar-refractivity contribution is 5.55. The summed E-state index contributed by atoms with van der Waals surface area (Å²) in [7, 11) is 0. The van der Waals surface area contributed by atoms with E-state index in [0.717, 1.165) is 58.7 Å². The van der Waals surface area contributed by atoms with Gasteiger partial charge in [0.25, 0.3) is 0 Å². The zero-order chi connectivity index (χ0) is 20.2. The van der Waals surface area contributed by atoms with Gasteiger partial charge in [-0.25, -0.2) is 4.98 Å². The van der Waals surface area contributed by atoms with Crippen molar-refractivity contribution in [1.29, 1.82) is 0 Å². The van der Waals surface area contributed by atoms with Crippen LogP contribution in [0.4, 0.5) is 5.82 Å². The summed E-state index contributed by atoms with van der Waals surface area (Å²) in [6.07, 6.45) is 11.3. The molecule has 2 N–H and O–H groups in total. The maximum Gasteiger partial charge on any atom is 0.185 e. The molecule has 1 fully saturated rings. The molecule has 7 heteroatoms. The molecule has 4 rings (SSSR count). The van der Waals surface area contributed by atoms with Gasteiger partial charge in [0, 0.05) is 48.0 Å². The number of aryl methyl sites for hydroxylation is 1. The van der Waals surface area contributed by atoms with E-state index < -0.39 is 0 Å². The maximum atomic E-state index is 11.6. The summed E-state index contributed by atoms with van der Waals surface area (Å²) < 4.78 is 2.68. The molecule has 1 saturated carbocycles. The van der Waals surface area contributed by atoms with Crippen LogP contribution < -0.4 is 10.0 Å². The van der Waals surface area contributed by atoms with Gasteiger partial charge in [0.15, 0.2) is 18.0 Å². The van der Waals surface area contributed by atoms with Gasteiger partial charge >= 0.3 is 0 Å². The van der Waals surface area contributed by atoms with Gasteiger partial charge in [0.05, 0.1) is 6.20 Å². The summed E-state index contributed by atoms with van der Waals surface area (Å²) in [5, 5.41) is 29.1. The van der Waals surface area contributed by atoms with Crippen molar-refractivity contribution in [2.24, 2.45) is 5.92 Å². The predicted molar refractivity (Wildman–Crippen MR) is 111 cm³/mol. The van der Waals surface area contributed by atoms with Crippen LogP contribution in [-0.2, 0) is 13.0 Å². The molecule has 0 aromatic carbocycles. The fourth-order valence-electron chi connectivity index (χ4n) is 4.50. The molecule has 154 valence electrons. The lowest BCUT2D eigenvalue weighted by molar-refractivity contribution is -0.605. The Morgan fingerprint density at radius 1 is 1.34 bits per heavy atom. The molecule has 0 radical (unpaired) electrons. The van der Waals surface area contributed by atoms with Crippen LogP contribution in [0, 0.1) is 11.1 Å². The summed E-state index contributed by atoms with van der Waals surface area (Å²) in [4.78, 5) is 5.02. The topological polar surface area (TPSA) is 89.4 Å². The van der Waals surface area contributed by atoms with Crippen molar-refractivity contribution in [2.45, 2.75) is 57.9 Å². The number of rotatable bonds is 7. The Labute approximate surface area is 171 Å². The summed E-state index contributed by atoms with van der Waals surface area (Å²) in [6.45, 7) is 2.88. The van der Waals surface area contributed by atoms with Crippen molar-refractivity contribution in [1.82, 2.24) is 14.6 Å². The number of nitrogens with zero attached hydrogens (tertiary/aromatic N) is 4. The smallest absolute Gasteiger partial charge is 0.185 e. The molecule has 3 aromatic rings. The van der Waals surface area contributed by atoms with Gasteiger partial charge in [-0.3, -0.25) is 0 Å². The van der Waals surface area contributed by atoms with Gasteiger partial charge in [0.2, 0.25) is 0 Å². The first-order chi connectivity index (χ1) is 14.2. The Morgan fingerprint density at radius 3 is 3.00 bits per heavy atom. The van der Waals surface area contributed by atoms with Crippen LogP contribution in [0.25, 0.3) is 5.65 Å². The van der Waals surface area contributed by atoms with Crippen LogP contribution in [0.1, 0.15) is 61.8 Å². The van der Waals surface area contributed by atoms with Crippen LogP contribution >= 0.6 is 0 Å². The molecule has 0 bridgehead atoms. The second kappa shape index (κ2) is 8.78. The average molecular weight is 396 g/mol. The summed E-state index contributed by atoms with van der Waals surface area (Å²) >= 11 is 0. The Hall–Kier alpha value is -2.67. The number of hydrogen-bond acceptors (Lipinski definition) is 5. The Morgan fingerprint density at radius 2 is 2.21 bits per heavy atom. The first-order valence-corrected chi connectivity index (χ1v) is 10.6. The molecule has 0 spiro atoms. The van der Waals surface area contributed by atoms with Gasteiger partial charge in [-0.15, -0.1) is 0 Å². The van der Waals surface area contributed by atoms with Crippen molar-refractivity contribution in [3.05, 3.63) is 58.8 Å². The third-order valence-corrected chi connectivity index (χ3v) is 6.04. The normalized spacial score (nSPS) is 19.5. The lowest BCUT2D eigenvalue weighted by atomic mass is 9.76. The lowest BCUT2D eigenvalue weighted by Gasteiger charge is -2.31. The van der Waals surface area contributed by atoms with Crippen molar-refractivity contribution in [3.63, 3.8) is 0 Å². The zero-order valence-corrected chi connectivity index (χ0v) is 16.9. The number of fused-ring (bicyclic) bond motifs is 1. The van der Waals surface area contributed by atoms with Crippen LogP contribution in [0.3, 0.4) is 0 Å². The zero-order valence-electron chi connectivity index (χ0n) is 16.9. The molecule has 1 unspecified atom stereocenters. The minimum atomic E-state index is 0.227. The monoisotopic (exact) mass is 395 g/mol. The molecular weight excluding hydrogens is 366 g/mol. The quantitative estimate of drug-likeness (QED) is 0.474. The first kappa shape index (κ1) is 19.6. The number of pyridine rings is 1. The van der Waals surface area contributed by atoms with E-state index in [1.54, 1.807) is 12.3 Å². The fourth-order valence-corrected chi connectivity index (χ4v) is 4.50. The Bertz CT molecular complexity index is 969. The molecule has 0 saturated heterocycles. The fraction of sp³-hybridized carbons (Fsp3) is 0.500. The van der Waals surface area contributed by atoms with Crippen LogP contribution in [0.15, 0.2) is 36.8 Å². The third-order valence-electron chi connectivity index (χ3n) is 6.04. The number of aliphatic hydroxyl groups excluding tert-OH is 1. The van der Waals surface area contributed by atoms with Crippen molar-refractivity contribution in [2.75, 3.05) is 11.9 Å². The third kappa shape index (κ3) is 4.19. The van der Waals surface area contributed by atoms with Crippen molar-refractivity contribution >= 4 is 11.5 Å². The van der Waals surface area contributed by atoms with Crippen molar-refractivity contribution < 1.29 is 9.84 Å². The summed E-state index contributed by atoms with van der Waals surface area (Å²) in [5.41, 5.74) is 4.02. The van der Waals surface area contributed by atoms with Gasteiger partial charge in [-0.2, -0.15) is 14.3 Å². The minimum Gasteiger partial charge on any atom is -0.619 e. The molecule has 0 amide bonds.